The van der Waals surface area contributed by atoms with E-state index in [1.165, 1.54) is 37.8 Å². The Kier molecular flexibility index (Phi) is 7.78. The molecule has 0 aromatic heterocycles. The summed E-state index contributed by atoms with van der Waals surface area (Å²) >= 11 is 11.7. The average Bonchev–Trinajstić information content (AvgIpc) is 2.43. The summed E-state index contributed by atoms with van der Waals surface area (Å²) < 4.78 is 5.19. The molecule has 0 unspecified atom stereocenters. The Morgan fingerprint density at radius 1 is 1.15 bits per heavy atom. The van der Waals surface area contributed by atoms with Gasteiger partial charge in [-0.1, -0.05) is 62.2 Å². The van der Waals surface area contributed by atoms with Crippen molar-refractivity contribution in [1.82, 2.24) is 0 Å². The monoisotopic (exact) mass is 317 g/mol. The Labute approximate surface area is 130 Å². The molecule has 1 aromatic carbocycles. The molecule has 0 amide bonds. The van der Waals surface area contributed by atoms with E-state index in [2.05, 4.69) is 6.92 Å². The summed E-state index contributed by atoms with van der Waals surface area (Å²) in [5, 5.41) is 0.525. The lowest BCUT2D eigenvalue weighted by molar-refractivity contribution is 0.0497. The predicted molar refractivity (Wildman–Crippen MR) is 84.5 cm³/mol. The Balaban J connectivity index is 2.33. The van der Waals surface area contributed by atoms with Crippen molar-refractivity contribution in [3.63, 3.8) is 0 Å². The van der Waals surface area contributed by atoms with Gasteiger partial charge in [-0.2, -0.15) is 0 Å². The highest BCUT2D eigenvalue weighted by Crippen LogP contribution is 2.29. The molecule has 0 aliphatic heterocycles. The quantitative estimate of drug-likeness (QED) is 0.412. The second-order valence-electron chi connectivity index (χ2n) is 4.76. The molecule has 0 aliphatic rings. The zero-order chi connectivity index (χ0) is 15.0. The Morgan fingerprint density at radius 2 is 1.80 bits per heavy atom. The van der Waals surface area contributed by atoms with Crippen LogP contribution in [0.4, 0.5) is 5.69 Å². The third-order valence-corrected chi connectivity index (χ3v) is 3.84. The minimum absolute atomic E-state index is 0.262. The molecule has 1 rings (SSSR count). The summed E-state index contributed by atoms with van der Waals surface area (Å²) in [5.41, 5.74) is 6.28. The number of benzene rings is 1. The highest BCUT2D eigenvalue weighted by molar-refractivity contribution is 6.43. The van der Waals surface area contributed by atoms with Crippen molar-refractivity contribution >= 4 is 34.9 Å². The largest absolute Gasteiger partial charge is 0.462 e. The third kappa shape index (κ3) is 5.59. The number of nitrogens with two attached hydrogens (primary N) is 1. The lowest BCUT2D eigenvalue weighted by Crippen LogP contribution is -2.07. The molecular formula is C15H21Cl2NO2. The number of carbonyl (C=O) groups excluding carboxylic acids is 1. The molecule has 0 saturated carbocycles. The van der Waals surface area contributed by atoms with Gasteiger partial charge < -0.3 is 10.5 Å². The van der Waals surface area contributed by atoms with E-state index in [9.17, 15) is 4.79 Å². The number of nitrogen functional groups attached to an aromatic ring is 1. The number of unbranched alkanes of at least 4 members (excludes halogenated alkanes) is 5. The molecule has 3 nitrogen and oxygen atoms in total. The predicted octanol–water partition coefficient (Wildman–Crippen LogP) is 5.09. The molecule has 0 radical (unpaired) electrons. The average molecular weight is 318 g/mol. The number of halogens is 2. The van der Waals surface area contributed by atoms with Crippen LogP contribution in [0.15, 0.2) is 12.1 Å². The van der Waals surface area contributed by atoms with Gasteiger partial charge in [-0.3, -0.25) is 0 Å². The van der Waals surface area contributed by atoms with E-state index in [4.69, 9.17) is 33.7 Å². The van der Waals surface area contributed by atoms with Gasteiger partial charge in [0, 0.05) is 0 Å². The van der Waals surface area contributed by atoms with Gasteiger partial charge in [0.25, 0.3) is 0 Å². The Morgan fingerprint density at radius 3 is 2.45 bits per heavy atom. The van der Waals surface area contributed by atoms with Crippen LogP contribution in [0.5, 0.6) is 0 Å². The van der Waals surface area contributed by atoms with Gasteiger partial charge in [-0.25, -0.2) is 4.79 Å². The van der Waals surface area contributed by atoms with Gasteiger partial charge in [0.2, 0.25) is 0 Å². The summed E-state index contributed by atoms with van der Waals surface area (Å²) in [4.78, 5) is 11.8. The van der Waals surface area contributed by atoms with E-state index in [0.29, 0.717) is 12.2 Å². The molecule has 2 N–H and O–H groups in total. The van der Waals surface area contributed by atoms with E-state index >= 15 is 0 Å². The van der Waals surface area contributed by atoms with Gasteiger partial charge in [0.1, 0.15) is 0 Å². The SMILES string of the molecule is CCCCCCCCOC(=O)c1cc(N)c(Cl)c(Cl)c1. The zero-order valence-electron chi connectivity index (χ0n) is 11.8. The highest BCUT2D eigenvalue weighted by atomic mass is 35.5. The maximum atomic E-state index is 11.8. The fourth-order valence-corrected chi connectivity index (χ4v) is 2.19. The number of ether oxygens (including phenoxy) is 1. The van der Waals surface area contributed by atoms with Crippen LogP contribution in [-0.4, -0.2) is 12.6 Å². The maximum absolute atomic E-state index is 11.8. The minimum Gasteiger partial charge on any atom is -0.462 e. The van der Waals surface area contributed by atoms with Crippen LogP contribution in [0.1, 0.15) is 55.8 Å². The smallest absolute Gasteiger partial charge is 0.338 e. The standard InChI is InChI=1S/C15H21Cl2NO2/c1-2-3-4-5-6-7-8-20-15(19)11-9-12(16)14(17)13(18)10-11/h9-10H,2-8,18H2,1H3. The molecule has 0 spiro atoms. The zero-order valence-corrected chi connectivity index (χ0v) is 13.3. The van der Waals surface area contributed by atoms with E-state index < -0.39 is 5.97 Å². The number of carbonyl (C=O) groups is 1. The second-order valence-corrected chi connectivity index (χ2v) is 5.55. The van der Waals surface area contributed by atoms with Crippen LogP contribution >= 0.6 is 23.2 Å². The maximum Gasteiger partial charge on any atom is 0.338 e. The normalized spacial score (nSPS) is 10.6. The number of anilines is 1. The highest BCUT2D eigenvalue weighted by Gasteiger charge is 2.12. The van der Waals surface area contributed by atoms with Crippen LogP contribution < -0.4 is 5.73 Å². The van der Waals surface area contributed by atoms with Crippen molar-refractivity contribution in [2.24, 2.45) is 0 Å². The molecular weight excluding hydrogens is 297 g/mol. The number of esters is 1. The van der Waals surface area contributed by atoms with Gasteiger partial charge in [-0.05, 0) is 18.6 Å². The summed E-state index contributed by atoms with van der Waals surface area (Å²) in [7, 11) is 0. The molecule has 5 heteroatoms. The first kappa shape index (κ1) is 17.1. The summed E-state index contributed by atoms with van der Waals surface area (Å²) in [6.07, 6.45) is 6.89. The Bertz CT molecular complexity index is 426. The molecule has 1 aromatic rings. The van der Waals surface area contributed by atoms with E-state index in [0.717, 1.165) is 12.8 Å². The van der Waals surface area contributed by atoms with Crippen molar-refractivity contribution in [2.75, 3.05) is 12.3 Å². The van der Waals surface area contributed by atoms with Crippen LogP contribution in [0.25, 0.3) is 0 Å². The lowest BCUT2D eigenvalue weighted by Gasteiger charge is -2.07. The topological polar surface area (TPSA) is 52.3 Å². The molecule has 0 saturated heterocycles. The summed E-state index contributed by atoms with van der Waals surface area (Å²) in [6, 6.07) is 2.96. The molecule has 20 heavy (non-hydrogen) atoms. The molecule has 0 bridgehead atoms. The first-order valence-electron chi connectivity index (χ1n) is 6.98. The summed E-state index contributed by atoms with van der Waals surface area (Å²) in [5.74, 6) is -0.413. The third-order valence-electron chi connectivity index (χ3n) is 3.02. The molecule has 0 aliphatic carbocycles. The van der Waals surface area contributed by atoms with E-state index in [1.54, 1.807) is 0 Å². The molecule has 0 fully saturated rings. The summed E-state index contributed by atoms with van der Waals surface area (Å²) in [6.45, 7) is 2.61. The molecule has 0 atom stereocenters. The Hall–Kier alpha value is -0.930. The van der Waals surface area contributed by atoms with Crippen molar-refractivity contribution < 1.29 is 9.53 Å². The van der Waals surface area contributed by atoms with Gasteiger partial charge in [-0.15, -0.1) is 0 Å². The minimum atomic E-state index is -0.413. The van der Waals surface area contributed by atoms with Crippen molar-refractivity contribution in [2.45, 2.75) is 45.4 Å². The molecule has 0 heterocycles. The van der Waals surface area contributed by atoms with Crippen molar-refractivity contribution in [3.05, 3.63) is 27.7 Å². The lowest BCUT2D eigenvalue weighted by atomic mass is 10.1. The molecule has 112 valence electrons. The van der Waals surface area contributed by atoms with Gasteiger partial charge in [0.15, 0.2) is 0 Å². The fraction of sp³-hybridized carbons (Fsp3) is 0.533. The number of rotatable bonds is 8. The first-order chi connectivity index (χ1) is 9.56. The first-order valence-corrected chi connectivity index (χ1v) is 7.73. The van der Waals surface area contributed by atoms with E-state index in [1.807, 2.05) is 0 Å². The van der Waals surface area contributed by atoms with Crippen molar-refractivity contribution in [3.8, 4) is 0 Å². The van der Waals surface area contributed by atoms with Crippen molar-refractivity contribution in [1.29, 1.82) is 0 Å². The number of hydrogen-bond acceptors (Lipinski definition) is 3. The second kappa shape index (κ2) is 9.09. The van der Waals surface area contributed by atoms with Crippen LogP contribution in [0.3, 0.4) is 0 Å². The van der Waals surface area contributed by atoms with Crippen LogP contribution in [0.2, 0.25) is 10.0 Å². The fourth-order valence-electron chi connectivity index (χ4n) is 1.86. The van der Waals surface area contributed by atoms with Gasteiger partial charge in [0.05, 0.1) is 27.9 Å². The van der Waals surface area contributed by atoms with Gasteiger partial charge >= 0.3 is 5.97 Å². The van der Waals surface area contributed by atoms with Crippen LogP contribution in [0, 0.1) is 0 Å². The van der Waals surface area contributed by atoms with E-state index in [-0.39, 0.29) is 15.7 Å². The number of hydrogen-bond donors (Lipinski definition) is 1. The van der Waals surface area contributed by atoms with Crippen LogP contribution in [-0.2, 0) is 4.74 Å².